The highest BCUT2D eigenvalue weighted by atomic mass is 15.1. The molecule has 0 aromatic heterocycles. The van der Waals surface area contributed by atoms with Gasteiger partial charge in [-0.25, -0.2) is 0 Å². The van der Waals surface area contributed by atoms with Gasteiger partial charge in [-0.15, -0.1) is 0 Å². The van der Waals surface area contributed by atoms with Gasteiger partial charge in [0.15, 0.2) is 0 Å². The Morgan fingerprint density at radius 1 is 0.667 bits per heavy atom. The van der Waals surface area contributed by atoms with E-state index < -0.39 is 0 Å². The summed E-state index contributed by atoms with van der Waals surface area (Å²) in [6, 6.07) is 0.790. The fraction of sp³-hybridized carbons (Fsp3) is 1.00. The van der Waals surface area contributed by atoms with Gasteiger partial charge in [-0.05, 0) is 39.3 Å². The summed E-state index contributed by atoms with van der Waals surface area (Å²) >= 11 is 0. The Morgan fingerprint density at radius 2 is 1.17 bits per heavy atom. The molecular formula is C17H37N. The van der Waals surface area contributed by atoms with E-state index in [1.165, 1.54) is 77.3 Å². The van der Waals surface area contributed by atoms with Crippen LogP contribution in [0.15, 0.2) is 0 Å². The molecular weight excluding hydrogens is 218 g/mol. The van der Waals surface area contributed by atoms with Crippen molar-refractivity contribution in [1.82, 2.24) is 4.90 Å². The molecule has 0 aromatic carbocycles. The molecule has 18 heavy (non-hydrogen) atoms. The lowest BCUT2D eigenvalue weighted by atomic mass is 10.1. The van der Waals surface area contributed by atoms with E-state index in [2.05, 4.69) is 32.6 Å². The van der Waals surface area contributed by atoms with Crippen LogP contribution in [-0.4, -0.2) is 24.0 Å². The van der Waals surface area contributed by atoms with Gasteiger partial charge in [-0.3, -0.25) is 0 Å². The zero-order valence-corrected chi connectivity index (χ0v) is 13.5. The third-order valence-electron chi connectivity index (χ3n) is 3.93. The first-order chi connectivity index (χ1) is 8.76. The summed E-state index contributed by atoms with van der Waals surface area (Å²) in [7, 11) is 0. The first kappa shape index (κ1) is 18.0. The molecule has 1 atom stereocenters. The van der Waals surface area contributed by atoms with Crippen LogP contribution < -0.4 is 0 Å². The molecule has 0 rings (SSSR count). The smallest absolute Gasteiger partial charge is 0.00668 e. The Labute approximate surface area is 116 Å². The van der Waals surface area contributed by atoms with Gasteiger partial charge in [-0.1, -0.05) is 65.7 Å². The van der Waals surface area contributed by atoms with Gasteiger partial charge in [0.2, 0.25) is 0 Å². The topological polar surface area (TPSA) is 3.24 Å². The highest BCUT2D eigenvalue weighted by Gasteiger charge is 2.11. The van der Waals surface area contributed by atoms with Crippen molar-refractivity contribution in [3.05, 3.63) is 0 Å². The standard InChI is InChI=1S/C17H37N/c1-5-8-10-12-15-18(17(4)14-7-3)16-13-11-9-6-2/h17H,5-16H2,1-4H3. The quantitative estimate of drug-likeness (QED) is 0.385. The van der Waals surface area contributed by atoms with E-state index in [4.69, 9.17) is 0 Å². The minimum absolute atomic E-state index is 0.790. The monoisotopic (exact) mass is 255 g/mol. The summed E-state index contributed by atoms with van der Waals surface area (Å²) in [5, 5.41) is 0. The van der Waals surface area contributed by atoms with Crippen LogP contribution in [0.1, 0.15) is 91.9 Å². The zero-order valence-electron chi connectivity index (χ0n) is 13.5. The molecule has 0 aliphatic heterocycles. The number of unbranched alkanes of at least 4 members (excludes halogenated alkanes) is 6. The van der Waals surface area contributed by atoms with Crippen LogP contribution in [0, 0.1) is 0 Å². The molecule has 0 aromatic rings. The first-order valence-corrected chi connectivity index (χ1v) is 8.50. The molecule has 1 heteroatoms. The van der Waals surface area contributed by atoms with Crippen molar-refractivity contribution in [3.63, 3.8) is 0 Å². The van der Waals surface area contributed by atoms with Gasteiger partial charge in [0, 0.05) is 6.04 Å². The molecule has 110 valence electrons. The molecule has 0 saturated heterocycles. The van der Waals surface area contributed by atoms with Gasteiger partial charge >= 0.3 is 0 Å². The lowest BCUT2D eigenvalue weighted by Crippen LogP contribution is -2.34. The minimum Gasteiger partial charge on any atom is -0.301 e. The maximum Gasteiger partial charge on any atom is 0.00668 e. The van der Waals surface area contributed by atoms with Crippen LogP contribution in [-0.2, 0) is 0 Å². The van der Waals surface area contributed by atoms with Crippen LogP contribution >= 0.6 is 0 Å². The van der Waals surface area contributed by atoms with Gasteiger partial charge in [0.1, 0.15) is 0 Å². The number of nitrogens with zero attached hydrogens (tertiary/aromatic N) is 1. The van der Waals surface area contributed by atoms with E-state index in [1.54, 1.807) is 0 Å². The predicted molar refractivity (Wildman–Crippen MR) is 84.2 cm³/mol. The Kier molecular flexibility index (Phi) is 13.4. The van der Waals surface area contributed by atoms with E-state index >= 15 is 0 Å². The van der Waals surface area contributed by atoms with Crippen molar-refractivity contribution in [2.45, 2.75) is 97.9 Å². The second-order valence-corrected chi connectivity index (χ2v) is 5.79. The Hall–Kier alpha value is -0.0400. The summed E-state index contributed by atoms with van der Waals surface area (Å²) in [6.45, 7) is 12.0. The summed E-state index contributed by atoms with van der Waals surface area (Å²) in [4.78, 5) is 2.74. The fourth-order valence-electron chi connectivity index (χ4n) is 2.64. The van der Waals surface area contributed by atoms with Gasteiger partial charge < -0.3 is 4.90 Å². The second-order valence-electron chi connectivity index (χ2n) is 5.79. The summed E-state index contributed by atoms with van der Waals surface area (Å²) < 4.78 is 0. The highest BCUT2D eigenvalue weighted by Crippen LogP contribution is 2.11. The average Bonchev–Trinajstić information content (AvgIpc) is 2.37. The normalized spacial score (nSPS) is 13.2. The van der Waals surface area contributed by atoms with E-state index in [9.17, 15) is 0 Å². The van der Waals surface area contributed by atoms with Crippen LogP contribution in [0.25, 0.3) is 0 Å². The van der Waals surface area contributed by atoms with Crippen LogP contribution in [0.3, 0.4) is 0 Å². The van der Waals surface area contributed by atoms with Crippen molar-refractivity contribution in [2.24, 2.45) is 0 Å². The van der Waals surface area contributed by atoms with Gasteiger partial charge in [-0.2, -0.15) is 0 Å². The Bertz CT molecular complexity index is 144. The van der Waals surface area contributed by atoms with E-state index in [1.807, 2.05) is 0 Å². The van der Waals surface area contributed by atoms with E-state index in [-0.39, 0.29) is 0 Å². The largest absolute Gasteiger partial charge is 0.301 e. The molecule has 0 amide bonds. The number of hydrogen-bond donors (Lipinski definition) is 0. The third-order valence-corrected chi connectivity index (χ3v) is 3.93. The molecule has 0 bridgehead atoms. The average molecular weight is 255 g/mol. The summed E-state index contributed by atoms with van der Waals surface area (Å²) in [5.41, 5.74) is 0. The molecule has 0 aliphatic carbocycles. The molecule has 0 radical (unpaired) electrons. The van der Waals surface area contributed by atoms with Crippen molar-refractivity contribution < 1.29 is 0 Å². The van der Waals surface area contributed by atoms with E-state index in [0.29, 0.717) is 0 Å². The highest BCUT2D eigenvalue weighted by molar-refractivity contribution is 4.67. The molecule has 0 aliphatic rings. The predicted octanol–water partition coefficient (Wildman–Crippen LogP) is 5.64. The molecule has 1 nitrogen and oxygen atoms in total. The first-order valence-electron chi connectivity index (χ1n) is 8.50. The van der Waals surface area contributed by atoms with Crippen molar-refractivity contribution in [1.29, 1.82) is 0 Å². The Morgan fingerprint density at radius 3 is 1.56 bits per heavy atom. The molecule has 1 unspecified atom stereocenters. The van der Waals surface area contributed by atoms with Crippen LogP contribution in [0.5, 0.6) is 0 Å². The molecule has 0 N–H and O–H groups in total. The lowest BCUT2D eigenvalue weighted by molar-refractivity contribution is 0.190. The minimum atomic E-state index is 0.790. The van der Waals surface area contributed by atoms with Crippen molar-refractivity contribution in [2.75, 3.05) is 13.1 Å². The second kappa shape index (κ2) is 13.4. The number of hydrogen-bond acceptors (Lipinski definition) is 1. The molecule has 0 spiro atoms. The lowest BCUT2D eigenvalue weighted by Gasteiger charge is -2.29. The van der Waals surface area contributed by atoms with Crippen molar-refractivity contribution in [3.8, 4) is 0 Å². The summed E-state index contributed by atoms with van der Waals surface area (Å²) in [5.74, 6) is 0. The van der Waals surface area contributed by atoms with Gasteiger partial charge in [0.05, 0.1) is 0 Å². The maximum absolute atomic E-state index is 2.74. The fourth-order valence-corrected chi connectivity index (χ4v) is 2.64. The third kappa shape index (κ3) is 9.94. The Balaban J connectivity index is 3.84. The van der Waals surface area contributed by atoms with Crippen LogP contribution in [0.2, 0.25) is 0 Å². The van der Waals surface area contributed by atoms with Crippen molar-refractivity contribution >= 4 is 0 Å². The van der Waals surface area contributed by atoms with Crippen LogP contribution in [0.4, 0.5) is 0 Å². The van der Waals surface area contributed by atoms with Gasteiger partial charge in [0.25, 0.3) is 0 Å². The number of rotatable bonds is 13. The molecule has 0 saturated carbocycles. The maximum atomic E-state index is 2.74. The molecule has 0 heterocycles. The summed E-state index contributed by atoms with van der Waals surface area (Å²) in [6.07, 6.45) is 13.8. The molecule has 0 fully saturated rings. The van der Waals surface area contributed by atoms with E-state index in [0.717, 1.165) is 6.04 Å². The SMILES string of the molecule is CCCCCCN(CCCCCC)C(C)CCC. The zero-order chi connectivity index (χ0) is 13.6.